The van der Waals surface area contributed by atoms with E-state index in [2.05, 4.69) is 10.6 Å². The number of hydrogen-bond donors (Lipinski definition) is 2. The predicted octanol–water partition coefficient (Wildman–Crippen LogP) is 3.85. The molecule has 0 spiro atoms. The van der Waals surface area contributed by atoms with Crippen molar-refractivity contribution in [3.05, 3.63) is 58.6 Å². The van der Waals surface area contributed by atoms with E-state index in [1.54, 1.807) is 13.0 Å². The molecule has 3 rings (SSSR count). The molecule has 0 bridgehead atoms. The zero-order valence-corrected chi connectivity index (χ0v) is 14.6. The highest BCUT2D eigenvalue weighted by atomic mass is 35.5. The lowest BCUT2D eigenvalue weighted by Gasteiger charge is -2.18. The van der Waals surface area contributed by atoms with Crippen LogP contribution in [0.5, 0.6) is 0 Å². The van der Waals surface area contributed by atoms with Crippen LogP contribution in [-0.4, -0.2) is 24.5 Å². The number of rotatable bonds is 3. The zero-order valence-electron chi connectivity index (χ0n) is 13.9. The van der Waals surface area contributed by atoms with Gasteiger partial charge in [0.15, 0.2) is 5.82 Å². The second-order valence-corrected chi connectivity index (χ2v) is 6.37. The highest BCUT2D eigenvalue weighted by Gasteiger charge is 2.33. The Morgan fingerprint density at radius 3 is 2.77 bits per heavy atom. The Morgan fingerprint density at radius 2 is 2.04 bits per heavy atom. The second-order valence-electron chi connectivity index (χ2n) is 5.96. The molecule has 0 aromatic heterocycles. The Kier molecular flexibility index (Phi) is 5.08. The van der Waals surface area contributed by atoms with Crippen molar-refractivity contribution in [1.29, 1.82) is 0 Å². The fourth-order valence-corrected chi connectivity index (χ4v) is 2.96. The SMILES string of the molecule is Cc1cc(N2CCC(NC(=O)Nc3cccc(Cl)c3F)C2=O)ccc1F. The van der Waals surface area contributed by atoms with Crippen LogP contribution in [0.25, 0.3) is 0 Å². The molecule has 8 heteroatoms. The van der Waals surface area contributed by atoms with Crippen LogP contribution >= 0.6 is 11.6 Å². The molecule has 1 aliphatic heterocycles. The summed E-state index contributed by atoms with van der Waals surface area (Å²) in [5.41, 5.74) is 0.923. The van der Waals surface area contributed by atoms with Crippen LogP contribution in [0.4, 0.5) is 25.0 Å². The fourth-order valence-electron chi connectivity index (χ4n) is 2.78. The van der Waals surface area contributed by atoms with E-state index in [4.69, 9.17) is 11.6 Å². The van der Waals surface area contributed by atoms with Crippen molar-refractivity contribution in [3.8, 4) is 0 Å². The lowest BCUT2D eigenvalue weighted by atomic mass is 10.2. The van der Waals surface area contributed by atoms with Crippen LogP contribution in [0.3, 0.4) is 0 Å². The van der Waals surface area contributed by atoms with Crippen LogP contribution in [0.1, 0.15) is 12.0 Å². The van der Waals surface area contributed by atoms with Crippen molar-refractivity contribution in [1.82, 2.24) is 5.32 Å². The Labute approximate surface area is 153 Å². The smallest absolute Gasteiger partial charge is 0.319 e. The molecule has 2 aromatic carbocycles. The number of benzene rings is 2. The Hall–Kier alpha value is -2.67. The summed E-state index contributed by atoms with van der Waals surface area (Å²) >= 11 is 5.67. The van der Waals surface area contributed by atoms with Gasteiger partial charge >= 0.3 is 6.03 Å². The standard InChI is InChI=1S/C18H16ClF2N3O2/c1-10-9-11(5-6-13(10)20)24-8-7-15(17(24)25)23-18(26)22-14-4-2-3-12(19)16(14)21/h2-6,9,15H,7-8H2,1H3,(H2,22,23,26). The summed E-state index contributed by atoms with van der Waals surface area (Å²) in [5, 5.41) is 4.75. The molecule has 2 N–H and O–H groups in total. The van der Waals surface area contributed by atoms with Crippen LogP contribution < -0.4 is 15.5 Å². The number of carbonyl (C=O) groups excluding carboxylic acids is 2. The number of nitrogens with zero attached hydrogens (tertiary/aromatic N) is 1. The molecular weight excluding hydrogens is 364 g/mol. The van der Waals surface area contributed by atoms with E-state index in [1.165, 1.54) is 35.2 Å². The summed E-state index contributed by atoms with van der Waals surface area (Å²) in [6.07, 6.45) is 0.390. The Bertz CT molecular complexity index is 876. The van der Waals surface area contributed by atoms with Crippen LogP contribution in [0.2, 0.25) is 5.02 Å². The van der Waals surface area contributed by atoms with Crippen molar-refractivity contribution in [2.75, 3.05) is 16.8 Å². The van der Waals surface area contributed by atoms with Gasteiger partial charge < -0.3 is 15.5 Å². The molecule has 1 saturated heterocycles. The first-order valence-corrected chi connectivity index (χ1v) is 8.33. The fraction of sp³-hybridized carbons (Fsp3) is 0.222. The molecule has 1 unspecified atom stereocenters. The molecule has 3 amide bonds. The molecule has 1 heterocycles. The van der Waals surface area contributed by atoms with Crippen molar-refractivity contribution >= 4 is 34.9 Å². The number of hydrogen-bond acceptors (Lipinski definition) is 2. The minimum absolute atomic E-state index is 0.0774. The van der Waals surface area contributed by atoms with Crippen LogP contribution in [0, 0.1) is 18.6 Å². The molecule has 1 fully saturated rings. The second kappa shape index (κ2) is 7.29. The average Bonchev–Trinajstić information content (AvgIpc) is 2.95. The summed E-state index contributed by atoms with van der Waals surface area (Å²) in [6.45, 7) is 2.00. The maximum Gasteiger partial charge on any atom is 0.319 e. The summed E-state index contributed by atoms with van der Waals surface area (Å²) in [6, 6.07) is 7.17. The molecule has 5 nitrogen and oxygen atoms in total. The van der Waals surface area contributed by atoms with Gasteiger partial charge in [-0.2, -0.15) is 0 Å². The number of nitrogens with one attached hydrogen (secondary N) is 2. The lowest BCUT2D eigenvalue weighted by molar-refractivity contribution is -0.118. The Morgan fingerprint density at radius 1 is 1.27 bits per heavy atom. The van der Waals surface area contributed by atoms with Crippen LogP contribution in [-0.2, 0) is 4.79 Å². The third-order valence-electron chi connectivity index (χ3n) is 4.16. The topological polar surface area (TPSA) is 61.4 Å². The van der Waals surface area contributed by atoms with E-state index in [0.717, 1.165) is 0 Å². The lowest BCUT2D eigenvalue weighted by Crippen LogP contribution is -2.43. The van der Waals surface area contributed by atoms with Gasteiger partial charge in [0.1, 0.15) is 11.9 Å². The molecule has 2 aromatic rings. The maximum absolute atomic E-state index is 13.8. The minimum Gasteiger partial charge on any atom is -0.326 e. The number of amides is 3. The largest absolute Gasteiger partial charge is 0.326 e. The molecule has 26 heavy (non-hydrogen) atoms. The molecular formula is C18H16ClF2N3O2. The first-order valence-electron chi connectivity index (χ1n) is 7.96. The highest BCUT2D eigenvalue weighted by molar-refractivity contribution is 6.31. The van der Waals surface area contributed by atoms with E-state index < -0.39 is 17.9 Å². The van der Waals surface area contributed by atoms with E-state index >= 15 is 0 Å². The van der Waals surface area contributed by atoms with Crippen LogP contribution in [0.15, 0.2) is 36.4 Å². The van der Waals surface area contributed by atoms with Gasteiger partial charge in [0.05, 0.1) is 10.7 Å². The molecule has 0 saturated carbocycles. The number of halogens is 3. The van der Waals surface area contributed by atoms with Gasteiger partial charge in [-0.25, -0.2) is 13.6 Å². The summed E-state index contributed by atoms with van der Waals surface area (Å²) in [5.74, 6) is -1.40. The molecule has 0 radical (unpaired) electrons. The van der Waals surface area contributed by atoms with Gasteiger partial charge in [-0.05, 0) is 49.2 Å². The van der Waals surface area contributed by atoms with E-state index in [-0.39, 0.29) is 22.4 Å². The summed E-state index contributed by atoms with van der Waals surface area (Å²) < 4.78 is 27.2. The molecule has 1 aliphatic rings. The van der Waals surface area contributed by atoms with Crippen molar-refractivity contribution < 1.29 is 18.4 Å². The number of anilines is 2. The highest BCUT2D eigenvalue weighted by Crippen LogP contribution is 2.25. The molecule has 1 atom stereocenters. The van der Waals surface area contributed by atoms with Gasteiger partial charge in [0.25, 0.3) is 0 Å². The minimum atomic E-state index is -0.748. The Balaban J connectivity index is 1.66. The molecule has 136 valence electrons. The average molecular weight is 380 g/mol. The van der Waals surface area contributed by atoms with Gasteiger partial charge in [-0.1, -0.05) is 17.7 Å². The maximum atomic E-state index is 13.8. The third-order valence-corrected chi connectivity index (χ3v) is 4.46. The zero-order chi connectivity index (χ0) is 18.8. The first kappa shape index (κ1) is 18.1. The van der Waals surface area contributed by atoms with Gasteiger partial charge in [0, 0.05) is 12.2 Å². The first-order chi connectivity index (χ1) is 12.4. The van der Waals surface area contributed by atoms with Crippen molar-refractivity contribution in [3.63, 3.8) is 0 Å². The third kappa shape index (κ3) is 3.62. The van der Waals surface area contributed by atoms with Gasteiger partial charge in [0.2, 0.25) is 5.91 Å². The van der Waals surface area contributed by atoms with Crippen molar-refractivity contribution in [2.24, 2.45) is 0 Å². The number of aryl methyl sites for hydroxylation is 1. The number of carbonyl (C=O) groups is 2. The van der Waals surface area contributed by atoms with E-state index in [0.29, 0.717) is 24.2 Å². The monoisotopic (exact) mass is 379 g/mol. The summed E-state index contributed by atoms with van der Waals surface area (Å²) in [4.78, 5) is 26.1. The quantitative estimate of drug-likeness (QED) is 0.850. The van der Waals surface area contributed by atoms with E-state index in [1.807, 2.05) is 0 Å². The van der Waals surface area contributed by atoms with Gasteiger partial charge in [-0.3, -0.25) is 4.79 Å². The number of urea groups is 1. The van der Waals surface area contributed by atoms with Gasteiger partial charge in [-0.15, -0.1) is 0 Å². The molecule has 0 aliphatic carbocycles. The normalized spacial score (nSPS) is 16.7. The van der Waals surface area contributed by atoms with E-state index in [9.17, 15) is 18.4 Å². The predicted molar refractivity (Wildman–Crippen MR) is 95.5 cm³/mol. The summed E-state index contributed by atoms with van der Waals surface area (Å²) in [7, 11) is 0. The van der Waals surface area contributed by atoms with Crippen molar-refractivity contribution in [2.45, 2.75) is 19.4 Å².